The molecule has 0 saturated heterocycles. The van der Waals surface area contributed by atoms with Crippen LogP contribution in [0.3, 0.4) is 0 Å². The molecule has 3 aliphatic rings. The summed E-state index contributed by atoms with van der Waals surface area (Å²) in [5.41, 5.74) is 13.9. The topological polar surface area (TPSA) is 41.2 Å². The molecule has 6 aromatic carbocycles. The third kappa shape index (κ3) is 3.71. The molecule has 0 bridgehead atoms. The fourth-order valence-corrected chi connectivity index (χ4v) is 9.12. The molecule has 0 saturated carbocycles. The number of amidine groups is 2. The Morgan fingerprint density at radius 1 is 0.680 bits per heavy atom. The summed E-state index contributed by atoms with van der Waals surface area (Å²) in [7, 11) is 0. The summed E-state index contributed by atoms with van der Waals surface area (Å²) in [4.78, 5) is 10.3. The third-order valence-corrected chi connectivity index (χ3v) is 11.5. The van der Waals surface area contributed by atoms with Crippen molar-refractivity contribution in [3.8, 4) is 11.1 Å². The van der Waals surface area contributed by atoms with E-state index in [0.717, 1.165) is 41.2 Å². The second-order valence-corrected chi connectivity index (χ2v) is 14.5. The molecule has 8 aromatic rings. The Morgan fingerprint density at radius 3 is 2.30 bits per heavy atom. The van der Waals surface area contributed by atoms with Crippen LogP contribution in [-0.2, 0) is 11.8 Å². The predicted molar refractivity (Wildman–Crippen MR) is 207 cm³/mol. The van der Waals surface area contributed by atoms with Crippen molar-refractivity contribution >= 4 is 55.8 Å². The minimum atomic E-state index is -0.228. The Morgan fingerprint density at radius 2 is 1.44 bits per heavy atom. The zero-order valence-electron chi connectivity index (χ0n) is 28.0. The van der Waals surface area contributed by atoms with Crippen LogP contribution in [-0.4, -0.2) is 16.1 Å². The van der Waals surface area contributed by atoms with E-state index >= 15 is 0 Å². The highest BCUT2D eigenvalue weighted by atomic mass is 15.2. The van der Waals surface area contributed by atoms with Crippen LogP contribution in [0.2, 0.25) is 0 Å². The van der Waals surface area contributed by atoms with E-state index in [1.807, 2.05) is 12.1 Å². The molecule has 1 atom stereocenters. The van der Waals surface area contributed by atoms with Gasteiger partial charge in [0.1, 0.15) is 12.0 Å². The molecule has 238 valence electrons. The van der Waals surface area contributed by atoms with Gasteiger partial charge < -0.3 is 9.72 Å². The van der Waals surface area contributed by atoms with E-state index in [1.54, 1.807) is 0 Å². The molecule has 2 aliphatic carbocycles. The number of para-hydroxylation sites is 1. The number of aromatic nitrogens is 1. The van der Waals surface area contributed by atoms with Gasteiger partial charge in [0.2, 0.25) is 0 Å². The molecule has 1 unspecified atom stereocenters. The van der Waals surface area contributed by atoms with Crippen LogP contribution >= 0.6 is 0 Å². The average molecular weight is 643 g/mol. The SMILES string of the molecule is CC1(C)c2cc(C3=NC(c4ccccc4)NC(c4ccccc4)=N3)ccc2-c2c1ccc1c2ccc2c3c4c(c5ccccc5n4c21)=CCC3. The maximum atomic E-state index is 5.19. The van der Waals surface area contributed by atoms with Crippen LogP contribution in [0.5, 0.6) is 0 Å². The summed E-state index contributed by atoms with van der Waals surface area (Å²) < 4.78 is 2.56. The highest BCUT2D eigenvalue weighted by molar-refractivity contribution is 6.18. The van der Waals surface area contributed by atoms with Crippen molar-refractivity contribution in [1.82, 2.24) is 9.72 Å². The van der Waals surface area contributed by atoms with Gasteiger partial charge in [0, 0.05) is 37.9 Å². The van der Waals surface area contributed by atoms with E-state index in [-0.39, 0.29) is 11.6 Å². The normalized spacial score (nSPS) is 17.4. The number of aliphatic imine (C=N–C) groups is 2. The Labute approximate surface area is 290 Å². The van der Waals surface area contributed by atoms with Crippen molar-refractivity contribution in [2.45, 2.75) is 38.3 Å². The number of fused-ring (bicyclic) bond motifs is 12. The number of benzene rings is 6. The quantitative estimate of drug-likeness (QED) is 0.205. The summed E-state index contributed by atoms with van der Waals surface area (Å²) in [5.74, 6) is 1.59. The first-order valence-corrected chi connectivity index (χ1v) is 17.7. The third-order valence-electron chi connectivity index (χ3n) is 11.5. The number of hydrogen-bond donors (Lipinski definition) is 1. The van der Waals surface area contributed by atoms with Crippen molar-refractivity contribution in [2.75, 3.05) is 0 Å². The Kier molecular flexibility index (Phi) is 5.59. The summed E-state index contributed by atoms with van der Waals surface area (Å²) in [6.45, 7) is 4.73. The molecule has 3 heterocycles. The fourth-order valence-electron chi connectivity index (χ4n) is 9.12. The lowest BCUT2D eigenvalue weighted by Gasteiger charge is -2.25. The van der Waals surface area contributed by atoms with Crippen LogP contribution in [0, 0.1) is 0 Å². The molecule has 0 spiro atoms. The molecule has 0 fully saturated rings. The average Bonchev–Trinajstić information content (AvgIpc) is 3.78. The number of rotatable bonds is 3. The molecule has 4 heteroatoms. The van der Waals surface area contributed by atoms with Gasteiger partial charge in [0.25, 0.3) is 0 Å². The van der Waals surface area contributed by atoms with Gasteiger partial charge in [-0.15, -0.1) is 0 Å². The summed E-state index contributed by atoms with van der Waals surface area (Å²) >= 11 is 0. The number of hydrogen-bond acceptors (Lipinski definition) is 3. The Bertz CT molecular complexity index is 2860. The van der Waals surface area contributed by atoms with E-state index in [1.165, 1.54) is 71.1 Å². The lowest BCUT2D eigenvalue weighted by Crippen LogP contribution is -2.33. The lowest BCUT2D eigenvalue weighted by atomic mass is 9.81. The monoisotopic (exact) mass is 642 g/mol. The first-order valence-electron chi connectivity index (χ1n) is 17.7. The maximum absolute atomic E-state index is 5.19. The minimum absolute atomic E-state index is 0.181. The van der Waals surface area contributed by atoms with Crippen molar-refractivity contribution in [2.24, 2.45) is 9.98 Å². The highest BCUT2D eigenvalue weighted by Gasteiger charge is 2.37. The predicted octanol–water partition coefficient (Wildman–Crippen LogP) is 9.65. The van der Waals surface area contributed by atoms with Gasteiger partial charge in [0.05, 0.1) is 16.6 Å². The molecule has 0 radical (unpaired) electrons. The first kappa shape index (κ1) is 27.9. The van der Waals surface area contributed by atoms with Gasteiger partial charge in [-0.2, -0.15) is 0 Å². The highest BCUT2D eigenvalue weighted by Crippen LogP contribution is 2.52. The molecule has 0 amide bonds. The van der Waals surface area contributed by atoms with Crippen LogP contribution in [0.1, 0.15) is 59.8 Å². The molecule has 11 rings (SSSR count). The second-order valence-electron chi connectivity index (χ2n) is 14.5. The summed E-state index contributed by atoms with van der Waals surface area (Å²) in [5, 5.41) is 10.4. The van der Waals surface area contributed by atoms with Crippen molar-refractivity contribution in [3.05, 3.63) is 166 Å². The van der Waals surface area contributed by atoms with Gasteiger partial charge in [-0.1, -0.05) is 135 Å². The molecule has 1 aliphatic heterocycles. The van der Waals surface area contributed by atoms with Gasteiger partial charge in [-0.3, -0.25) is 0 Å². The molecular weight excluding hydrogens is 609 g/mol. The van der Waals surface area contributed by atoms with Crippen LogP contribution in [0.25, 0.3) is 55.3 Å². The van der Waals surface area contributed by atoms with Crippen LogP contribution in [0.4, 0.5) is 0 Å². The van der Waals surface area contributed by atoms with E-state index in [0.29, 0.717) is 0 Å². The lowest BCUT2D eigenvalue weighted by molar-refractivity contribution is 0.660. The van der Waals surface area contributed by atoms with Gasteiger partial charge in [-0.25, -0.2) is 9.98 Å². The number of nitrogens with one attached hydrogen (secondary N) is 1. The Hall–Kier alpha value is -6.00. The van der Waals surface area contributed by atoms with Gasteiger partial charge in [0.15, 0.2) is 5.84 Å². The van der Waals surface area contributed by atoms with E-state index in [4.69, 9.17) is 9.98 Å². The van der Waals surface area contributed by atoms with E-state index in [9.17, 15) is 0 Å². The van der Waals surface area contributed by atoms with Crippen molar-refractivity contribution in [3.63, 3.8) is 0 Å². The zero-order valence-corrected chi connectivity index (χ0v) is 28.0. The second kappa shape index (κ2) is 10.0. The molecular formula is C46H34N4. The maximum Gasteiger partial charge on any atom is 0.159 e. The van der Waals surface area contributed by atoms with Crippen molar-refractivity contribution < 1.29 is 0 Å². The fraction of sp³-hybridized carbons (Fsp3) is 0.130. The molecule has 1 N–H and O–H groups in total. The smallest absolute Gasteiger partial charge is 0.159 e. The first-order chi connectivity index (χ1) is 24.6. The zero-order chi connectivity index (χ0) is 33.1. The Balaban J connectivity index is 1.12. The summed E-state index contributed by atoms with van der Waals surface area (Å²) in [6, 6.07) is 46.2. The minimum Gasteiger partial charge on any atom is -0.344 e. The van der Waals surface area contributed by atoms with Crippen molar-refractivity contribution in [1.29, 1.82) is 0 Å². The molecule has 2 aromatic heterocycles. The van der Waals surface area contributed by atoms with E-state index in [2.05, 4.69) is 145 Å². The van der Waals surface area contributed by atoms with Gasteiger partial charge in [-0.05, 0) is 63.7 Å². The molecule has 50 heavy (non-hydrogen) atoms. The number of nitrogens with zero attached hydrogens (tertiary/aromatic N) is 3. The standard InChI is InChI=1S/C46H34N4/c1-46(2)37-25-24-34-31(22-23-35-33-18-11-17-32-30-16-9-10-19-39(30)50(41(32)33)42(34)35)40(37)36-21-20-29(26-38(36)46)45-48-43(27-12-5-3-6-13-27)47-44(49-45)28-14-7-4-8-15-28/h3-10,12-17,19-26,43H,11,18H2,1-2H3,(H,47,48,49). The largest absolute Gasteiger partial charge is 0.344 e. The van der Waals surface area contributed by atoms with Crippen LogP contribution < -0.4 is 10.5 Å². The molecule has 4 nitrogen and oxygen atoms in total. The van der Waals surface area contributed by atoms with Gasteiger partial charge >= 0.3 is 0 Å². The van der Waals surface area contributed by atoms with E-state index < -0.39 is 0 Å². The number of aryl methyl sites for hydroxylation is 1. The summed E-state index contributed by atoms with van der Waals surface area (Å²) in [6.07, 6.45) is 4.40. The van der Waals surface area contributed by atoms with Crippen LogP contribution in [0.15, 0.2) is 137 Å².